The summed E-state index contributed by atoms with van der Waals surface area (Å²) in [5.41, 5.74) is 5.84. The number of rotatable bonds is 3. The van der Waals surface area contributed by atoms with E-state index in [0.29, 0.717) is 0 Å². The Balaban J connectivity index is 2.42. The maximum absolute atomic E-state index is 13.2. The predicted octanol–water partition coefficient (Wildman–Crippen LogP) is 1.81. The minimum absolute atomic E-state index is 0.0394. The van der Waals surface area contributed by atoms with Gasteiger partial charge in [0.1, 0.15) is 11.5 Å². The zero-order valence-electron chi connectivity index (χ0n) is 10.3. The molecule has 0 radical (unpaired) electrons. The minimum atomic E-state index is -3.89. The van der Waals surface area contributed by atoms with Crippen LogP contribution in [0.15, 0.2) is 27.6 Å². The lowest BCUT2D eigenvalue weighted by Gasteiger charge is -2.08. The Hall–Kier alpha value is -2.09. The van der Waals surface area contributed by atoms with Gasteiger partial charge in [-0.05, 0) is 32.0 Å². The molecular weight excluding hydrogens is 273 g/mol. The van der Waals surface area contributed by atoms with Crippen LogP contribution in [-0.2, 0) is 10.0 Å². The molecule has 1 heterocycles. The number of nitrogens with zero attached hydrogens (tertiary/aromatic N) is 1. The number of anilines is 2. The zero-order chi connectivity index (χ0) is 14.2. The van der Waals surface area contributed by atoms with Crippen molar-refractivity contribution in [2.75, 3.05) is 10.5 Å². The number of nitrogens with one attached hydrogen (secondary N) is 1. The van der Waals surface area contributed by atoms with Crippen LogP contribution in [0.1, 0.15) is 11.5 Å². The van der Waals surface area contributed by atoms with Gasteiger partial charge in [0.15, 0.2) is 10.7 Å². The monoisotopic (exact) mass is 285 g/mol. The largest absolute Gasteiger partial charge is 0.399 e. The number of aryl methyl sites for hydroxylation is 2. The quantitative estimate of drug-likeness (QED) is 0.838. The van der Waals surface area contributed by atoms with Crippen molar-refractivity contribution in [1.82, 2.24) is 5.16 Å². The normalized spacial score (nSPS) is 11.5. The first kappa shape index (κ1) is 13.3. The number of sulfonamides is 1. The van der Waals surface area contributed by atoms with Crippen LogP contribution in [-0.4, -0.2) is 13.6 Å². The first-order chi connectivity index (χ1) is 8.79. The van der Waals surface area contributed by atoms with Crippen molar-refractivity contribution in [3.63, 3.8) is 0 Å². The highest BCUT2D eigenvalue weighted by Gasteiger charge is 2.24. The van der Waals surface area contributed by atoms with E-state index in [4.69, 9.17) is 10.3 Å². The maximum Gasteiger partial charge on any atom is 0.267 e. The molecule has 0 aliphatic heterocycles. The molecule has 0 bridgehead atoms. The van der Waals surface area contributed by atoms with Gasteiger partial charge in [0.25, 0.3) is 10.0 Å². The first-order valence-electron chi connectivity index (χ1n) is 5.31. The Morgan fingerprint density at radius 3 is 2.53 bits per heavy atom. The fourth-order valence-electron chi connectivity index (χ4n) is 1.74. The Morgan fingerprint density at radius 2 is 2.00 bits per heavy atom. The van der Waals surface area contributed by atoms with E-state index in [1.165, 1.54) is 19.9 Å². The van der Waals surface area contributed by atoms with Crippen molar-refractivity contribution in [2.24, 2.45) is 0 Å². The number of nitrogen functional groups attached to an aromatic ring is 1. The number of hydrogen-bond acceptors (Lipinski definition) is 5. The Kier molecular flexibility index (Phi) is 3.19. The second-order valence-electron chi connectivity index (χ2n) is 4.03. The summed E-state index contributed by atoms with van der Waals surface area (Å²) in [7, 11) is -3.89. The van der Waals surface area contributed by atoms with Crippen LogP contribution in [0.5, 0.6) is 0 Å². The number of aromatic nitrogens is 1. The lowest BCUT2D eigenvalue weighted by atomic mass is 10.3. The molecule has 0 saturated heterocycles. The van der Waals surface area contributed by atoms with Crippen LogP contribution in [0, 0.1) is 19.7 Å². The van der Waals surface area contributed by atoms with Gasteiger partial charge in [-0.3, -0.25) is 4.72 Å². The third-order valence-electron chi connectivity index (χ3n) is 2.41. The Labute approximate surface area is 109 Å². The topological polar surface area (TPSA) is 98.2 Å². The molecule has 0 spiro atoms. The lowest BCUT2D eigenvalue weighted by Crippen LogP contribution is -2.14. The molecule has 0 unspecified atom stereocenters. The molecule has 6 nitrogen and oxygen atoms in total. The highest BCUT2D eigenvalue weighted by molar-refractivity contribution is 7.92. The van der Waals surface area contributed by atoms with E-state index in [2.05, 4.69) is 9.88 Å². The summed E-state index contributed by atoms with van der Waals surface area (Å²) in [5, 5.41) is 3.57. The molecule has 3 N–H and O–H groups in total. The van der Waals surface area contributed by atoms with Gasteiger partial charge in [-0.25, -0.2) is 12.8 Å². The second-order valence-corrected chi connectivity index (χ2v) is 5.65. The fourth-order valence-corrected chi connectivity index (χ4v) is 3.11. The highest BCUT2D eigenvalue weighted by Crippen LogP contribution is 2.23. The van der Waals surface area contributed by atoms with Crippen LogP contribution in [0.4, 0.5) is 15.8 Å². The third-order valence-corrected chi connectivity index (χ3v) is 4.03. The number of halogens is 1. The lowest BCUT2D eigenvalue weighted by molar-refractivity contribution is 0.390. The summed E-state index contributed by atoms with van der Waals surface area (Å²) in [6.07, 6.45) is 0. The zero-order valence-corrected chi connectivity index (χ0v) is 11.1. The molecule has 0 fully saturated rings. The smallest absolute Gasteiger partial charge is 0.267 e. The van der Waals surface area contributed by atoms with Crippen molar-refractivity contribution < 1.29 is 17.3 Å². The second kappa shape index (κ2) is 4.54. The van der Waals surface area contributed by atoms with E-state index in [9.17, 15) is 12.8 Å². The van der Waals surface area contributed by atoms with E-state index in [-0.39, 0.29) is 27.7 Å². The highest BCUT2D eigenvalue weighted by atomic mass is 32.2. The van der Waals surface area contributed by atoms with Crippen LogP contribution in [0.3, 0.4) is 0 Å². The molecule has 1 aromatic carbocycles. The van der Waals surface area contributed by atoms with Crippen molar-refractivity contribution in [2.45, 2.75) is 18.7 Å². The van der Waals surface area contributed by atoms with E-state index in [1.54, 1.807) is 0 Å². The molecule has 2 aromatic rings. The summed E-state index contributed by atoms with van der Waals surface area (Å²) >= 11 is 0. The summed E-state index contributed by atoms with van der Waals surface area (Å²) in [4.78, 5) is -0.0599. The number of nitrogens with two attached hydrogens (primary N) is 1. The molecule has 102 valence electrons. The summed E-state index contributed by atoms with van der Waals surface area (Å²) in [6.45, 7) is 2.99. The van der Waals surface area contributed by atoms with E-state index in [0.717, 1.165) is 12.1 Å². The van der Waals surface area contributed by atoms with Crippen LogP contribution >= 0.6 is 0 Å². The van der Waals surface area contributed by atoms with Gasteiger partial charge in [0.05, 0.1) is 5.69 Å². The Bertz CT molecular complexity index is 685. The molecule has 8 heteroatoms. The molecule has 0 aliphatic carbocycles. The standard InChI is InChI=1S/C11H12FN3O3S/c1-6-11(7(2)18-14-6)19(16,17)15-10-4-8(12)3-9(13)5-10/h3-5,15H,13H2,1-2H3. The van der Waals surface area contributed by atoms with Crippen molar-refractivity contribution in [1.29, 1.82) is 0 Å². The van der Waals surface area contributed by atoms with E-state index in [1.807, 2.05) is 0 Å². The summed E-state index contributed by atoms with van der Waals surface area (Å²) in [5.74, 6) is -0.467. The van der Waals surface area contributed by atoms with Crippen molar-refractivity contribution in [3.05, 3.63) is 35.5 Å². The molecule has 2 rings (SSSR count). The molecule has 0 atom stereocenters. The molecule has 19 heavy (non-hydrogen) atoms. The van der Waals surface area contributed by atoms with Crippen molar-refractivity contribution >= 4 is 21.4 Å². The third kappa shape index (κ3) is 2.68. The van der Waals surface area contributed by atoms with Crippen LogP contribution < -0.4 is 10.5 Å². The van der Waals surface area contributed by atoms with Gasteiger partial charge in [0, 0.05) is 5.69 Å². The maximum atomic E-state index is 13.2. The average molecular weight is 285 g/mol. The van der Waals surface area contributed by atoms with E-state index >= 15 is 0 Å². The minimum Gasteiger partial charge on any atom is -0.399 e. The Morgan fingerprint density at radius 1 is 1.32 bits per heavy atom. The van der Waals surface area contributed by atoms with Crippen LogP contribution in [0.25, 0.3) is 0 Å². The predicted molar refractivity (Wildman–Crippen MR) is 67.6 cm³/mol. The summed E-state index contributed by atoms with van der Waals surface area (Å²) in [6, 6.07) is 3.44. The van der Waals surface area contributed by atoms with Gasteiger partial charge >= 0.3 is 0 Å². The molecule has 1 aromatic heterocycles. The summed E-state index contributed by atoms with van der Waals surface area (Å²) < 4.78 is 44.5. The fraction of sp³-hybridized carbons (Fsp3) is 0.182. The van der Waals surface area contributed by atoms with E-state index < -0.39 is 15.8 Å². The van der Waals surface area contributed by atoms with Gasteiger partial charge in [-0.2, -0.15) is 0 Å². The SMILES string of the molecule is Cc1noc(C)c1S(=O)(=O)Nc1cc(N)cc(F)c1. The van der Waals surface area contributed by atoms with Gasteiger partial charge in [0.2, 0.25) is 0 Å². The number of benzene rings is 1. The van der Waals surface area contributed by atoms with Crippen molar-refractivity contribution in [3.8, 4) is 0 Å². The molecular formula is C11H12FN3O3S. The van der Waals surface area contributed by atoms with Gasteiger partial charge in [-0.15, -0.1) is 0 Å². The average Bonchev–Trinajstić information content (AvgIpc) is 2.56. The first-order valence-corrected chi connectivity index (χ1v) is 6.79. The molecule has 0 amide bonds. The molecule has 0 aliphatic rings. The number of hydrogen-bond donors (Lipinski definition) is 2. The van der Waals surface area contributed by atoms with Gasteiger partial charge < -0.3 is 10.3 Å². The van der Waals surface area contributed by atoms with Crippen LogP contribution in [0.2, 0.25) is 0 Å². The van der Waals surface area contributed by atoms with Gasteiger partial charge in [-0.1, -0.05) is 5.16 Å². The molecule has 0 saturated carbocycles.